The van der Waals surface area contributed by atoms with Crippen molar-refractivity contribution < 1.29 is 4.79 Å². The second kappa shape index (κ2) is 9.44. The van der Waals surface area contributed by atoms with Gasteiger partial charge in [0, 0.05) is 23.4 Å². The van der Waals surface area contributed by atoms with Gasteiger partial charge in [0.05, 0.1) is 0 Å². The Morgan fingerprint density at radius 2 is 1.80 bits per heavy atom. The van der Waals surface area contributed by atoms with Crippen molar-refractivity contribution in [2.24, 2.45) is 0 Å². The topological polar surface area (TPSA) is 55.1 Å². The normalized spacial score (nSPS) is 10.4. The van der Waals surface area contributed by atoms with Crippen LogP contribution in [0.1, 0.15) is 24.0 Å². The molecule has 0 bridgehead atoms. The lowest BCUT2D eigenvalue weighted by Crippen LogP contribution is -2.25. The molecule has 3 nitrogen and oxygen atoms in total. The van der Waals surface area contributed by atoms with Crippen LogP contribution in [-0.2, 0) is 17.6 Å². The maximum atomic E-state index is 12.0. The molecule has 1 aromatic heterocycles. The number of fused-ring (bicyclic) bond motifs is 1. The molecule has 3 aromatic rings. The van der Waals surface area contributed by atoms with Gasteiger partial charge in [-0.25, -0.2) is 0 Å². The van der Waals surface area contributed by atoms with Crippen LogP contribution in [0.2, 0.25) is 0 Å². The Kier molecular flexibility index (Phi) is 7.29. The summed E-state index contributed by atoms with van der Waals surface area (Å²) in [6, 6.07) is 16.2. The third kappa shape index (κ3) is 5.48. The maximum Gasteiger partial charge on any atom is 0.220 e. The highest BCUT2D eigenvalue weighted by Crippen LogP contribution is 2.26. The summed E-state index contributed by atoms with van der Waals surface area (Å²) in [6.45, 7) is 0.671. The molecule has 0 saturated heterocycles. The monoisotopic (exact) mass is 374 g/mol. The summed E-state index contributed by atoms with van der Waals surface area (Å²) in [5, 5.41) is 6.53. The molecule has 0 aliphatic heterocycles. The van der Waals surface area contributed by atoms with Gasteiger partial charge in [-0.1, -0.05) is 30.3 Å². The van der Waals surface area contributed by atoms with Gasteiger partial charge in [-0.15, -0.1) is 23.7 Å². The third-order valence-electron chi connectivity index (χ3n) is 4.13. The summed E-state index contributed by atoms with van der Waals surface area (Å²) in [5.74, 6) is 0.130. The van der Waals surface area contributed by atoms with E-state index in [9.17, 15) is 4.79 Å². The lowest BCUT2D eigenvalue weighted by Gasteiger charge is -2.06. The van der Waals surface area contributed by atoms with E-state index in [4.69, 9.17) is 5.73 Å². The summed E-state index contributed by atoms with van der Waals surface area (Å²) < 4.78 is 1.32. The molecule has 0 spiro atoms. The van der Waals surface area contributed by atoms with E-state index < -0.39 is 0 Å². The highest BCUT2D eigenvalue weighted by molar-refractivity contribution is 7.17. The van der Waals surface area contributed by atoms with Crippen LogP contribution >= 0.6 is 23.7 Å². The van der Waals surface area contributed by atoms with Crippen molar-refractivity contribution in [3.63, 3.8) is 0 Å². The van der Waals surface area contributed by atoms with E-state index >= 15 is 0 Å². The van der Waals surface area contributed by atoms with Crippen molar-refractivity contribution in [2.45, 2.75) is 25.7 Å². The number of halogens is 1. The first kappa shape index (κ1) is 19.3. The van der Waals surface area contributed by atoms with Gasteiger partial charge < -0.3 is 11.1 Å². The van der Waals surface area contributed by atoms with Gasteiger partial charge in [0.15, 0.2) is 0 Å². The number of thiophene rings is 1. The first-order valence-electron chi connectivity index (χ1n) is 8.28. The number of nitrogens with one attached hydrogen (secondary N) is 1. The van der Waals surface area contributed by atoms with Gasteiger partial charge in [0.1, 0.15) is 0 Å². The molecule has 0 aliphatic carbocycles. The Hall–Kier alpha value is -2.04. The van der Waals surface area contributed by atoms with Crippen molar-refractivity contribution in [1.29, 1.82) is 0 Å². The van der Waals surface area contributed by atoms with Crippen LogP contribution in [0.4, 0.5) is 5.69 Å². The number of amides is 1. The number of benzene rings is 2. The molecule has 1 amide bonds. The summed E-state index contributed by atoms with van der Waals surface area (Å²) in [4.78, 5) is 12.0. The largest absolute Gasteiger partial charge is 0.399 e. The first-order chi connectivity index (χ1) is 11.7. The zero-order valence-electron chi connectivity index (χ0n) is 14.0. The second-order valence-electron chi connectivity index (χ2n) is 5.95. The van der Waals surface area contributed by atoms with Crippen LogP contribution in [0.25, 0.3) is 10.1 Å². The Morgan fingerprint density at radius 1 is 1.04 bits per heavy atom. The number of carbonyl (C=O) groups is 1. The number of carbonyl (C=O) groups excluding carboxylic acids is 1. The number of anilines is 1. The molecular formula is C20H23ClN2OS. The molecule has 0 aliphatic rings. The van der Waals surface area contributed by atoms with Gasteiger partial charge in [-0.2, -0.15) is 0 Å². The minimum atomic E-state index is 0. The fourth-order valence-electron chi connectivity index (χ4n) is 2.78. The van der Waals surface area contributed by atoms with Crippen molar-refractivity contribution in [2.75, 3.05) is 12.3 Å². The smallest absolute Gasteiger partial charge is 0.220 e. The quantitative estimate of drug-likeness (QED) is 0.594. The summed E-state index contributed by atoms with van der Waals surface area (Å²) in [6.07, 6.45) is 3.25. The van der Waals surface area contributed by atoms with E-state index in [0.717, 1.165) is 24.9 Å². The number of hydrogen-bond donors (Lipinski definition) is 2. The molecule has 132 valence electrons. The molecule has 2 aromatic carbocycles. The van der Waals surface area contributed by atoms with Crippen LogP contribution in [0.15, 0.2) is 53.9 Å². The predicted octanol–water partition coefficient (Wildman–Crippen LogP) is 4.59. The first-order valence-corrected chi connectivity index (χ1v) is 9.16. The van der Waals surface area contributed by atoms with Crippen LogP contribution < -0.4 is 11.1 Å². The fraction of sp³-hybridized carbons (Fsp3) is 0.250. The van der Waals surface area contributed by atoms with Gasteiger partial charge in [0.25, 0.3) is 0 Å². The van der Waals surface area contributed by atoms with Gasteiger partial charge >= 0.3 is 0 Å². The molecule has 0 fully saturated rings. The Morgan fingerprint density at radius 3 is 2.60 bits per heavy atom. The summed E-state index contributed by atoms with van der Waals surface area (Å²) in [7, 11) is 0. The highest BCUT2D eigenvalue weighted by atomic mass is 35.5. The van der Waals surface area contributed by atoms with Crippen LogP contribution in [0.3, 0.4) is 0 Å². The summed E-state index contributed by atoms with van der Waals surface area (Å²) in [5.41, 5.74) is 8.97. The number of nitrogen functional groups attached to an aromatic ring is 1. The second-order valence-corrected chi connectivity index (χ2v) is 6.86. The van der Waals surface area contributed by atoms with Crippen molar-refractivity contribution in [1.82, 2.24) is 5.32 Å². The Labute approximate surface area is 158 Å². The van der Waals surface area contributed by atoms with Crippen LogP contribution in [0, 0.1) is 0 Å². The molecule has 1 heterocycles. The predicted molar refractivity (Wildman–Crippen MR) is 110 cm³/mol. The van der Waals surface area contributed by atoms with Crippen molar-refractivity contribution >= 4 is 45.4 Å². The molecule has 25 heavy (non-hydrogen) atoms. The molecule has 0 atom stereocenters. The van der Waals surface area contributed by atoms with Crippen molar-refractivity contribution in [3.8, 4) is 0 Å². The lowest BCUT2D eigenvalue weighted by atomic mass is 10.1. The molecule has 5 heteroatoms. The number of hydrogen-bond acceptors (Lipinski definition) is 3. The fourth-order valence-corrected chi connectivity index (χ4v) is 3.78. The average Bonchev–Trinajstić information content (AvgIpc) is 3.00. The van der Waals surface area contributed by atoms with E-state index in [-0.39, 0.29) is 18.3 Å². The van der Waals surface area contributed by atoms with Crippen LogP contribution in [-0.4, -0.2) is 12.5 Å². The molecule has 3 rings (SSSR count). The zero-order chi connectivity index (χ0) is 16.8. The van der Waals surface area contributed by atoms with Crippen molar-refractivity contribution in [3.05, 3.63) is 65.0 Å². The molecule has 0 unspecified atom stereocenters. The number of aryl methyl sites for hydroxylation is 1. The van der Waals surface area contributed by atoms with E-state index in [1.54, 1.807) is 11.3 Å². The van der Waals surface area contributed by atoms with E-state index in [0.29, 0.717) is 13.0 Å². The van der Waals surface area contributed by atoms with E-state index in [1.165, 1.54) is 21.2 Å². The minimum Gasteiger partial charge on any atom is -0.399 e. The highest BCUT2D eigenvalue weighted by Gasteiger charge is 2.05. The third-order valence-corrected chi connectivity index (χ3v) is 5.14. The molecule has 0 radical (unpaired) electrons. The van der Waals surface area contributed by atoms with Crippen LogP contribution in [0.5, 0.6) is 0 Å². The van der Waals surface area contributed by atoms with Gasteiger partial charge in [-0.05, 0) is 59.4 Å². The number of nitrogens with two attached hydrogens (primary N) is 1. The lowest BCUT2D eigenvalue weighted by molar-refractivity contribution is -0.121. The average molecular weight is 375 g/mol. The molecular weight excluding hydrogens is 352 g/mol. The van der Waals surface area contributed by atoms with Gasteiger partial charge in [-0.3, -0.25) is 4.79 Å². The van der Waals surface area contributed by atoms with E-state index in [2.05, 4.69) is 35.0 Å². The Bertz CT molecular complexity index is 814. The number of rotatable bonds is 7. The SMILES string of the molecule is Cl.Nc1ccc(CCNC(=O)CCCc2csc3ccccc23)cc1. The van der Waals surface area contributed by atoms with Gasteiger partial charge in [0.2, 0.25) is 5.91 Å². The zero-order valence-corrected chi connectivity index (χ0v) is 15.7. The molecule has 3 N–H and O–H groups in total. The Balaban J connectivity index is 0.00000225. The molecule has 0 saturated carbocycles. The summed E-state index contributed by atoms with van der Waals surface area (Å²) >= 11 is 1.78. The maximum absolute atomic E-state index is 12.0. The minimum absolute atomic E-state index is 0. The van der Waals surface area contributed by atoms with E-state index in [1.807, 2.05) is 24.3 Å². The standard InChI is InChI=1S/C20H22N2OS.ClH/c21-17-10-8-15(9-11-17)12-13-22-20(23)7-3-4-16-14-24-19-6-2-1-5-18(16)19;/h1-2,5-6,8-11,14H,3-4,7,12-13,21H2,(H,22,23);1H.